The summed E-state index contributed by atoms with van der Waals surface area (Å²) < 4.78 is 4.98. The molecule has 1 aliphatic rings. The molecule has 1 saturated heterocycles. The number of aliphatic carboxylic acids is 1. The Bertz CT molecular complexity index is 894. The van der Waals surface area contributed by atoms with Gasteiger partial charge in [0, 0.05) is 18.3 Å². The van der Waals surface area contributed by atoms with Gasteiger partial charge in [-0.1, -0.05) is 12.1 Å². The number of hydrogen-bond donors (Lipinski definition) is 5. The number of hydrogen-bond acceptors (Lipinski definition) is 10. The molecule has 1 fully saturated rings. The number of nitrogens with one attached hydrogen (secondary N) is 1. The van der Waals surface area contributed by atoms with E-state index in [2.05, 4.69) is 15.5 Å². The Morgan fingerprint density at radius 2 is 1.50 bits per heavy atom. The topological polar surface area (TPSA) is 167 Å². The van der Waals surface area contributed by atoms with Crippen LogP contribution in [-0.2, 0) is 15.3 Å². The van der Waals surface area contributed by atoms with Crippen LogP contribution in [0.25, 0.3) is 0 Å². The number of carboxylic acids is 1. The van der Waals surface area contributed by atoms with Gasteiger partial charge < -0.3 is 40.4 Å². The molecular weight excluding hydrogens is 405 g/mol. The molecule has 5 N–H and O–H groups in total. The molecule has 2 aromatic rings. The van der Waals surface area contributed by atoms with E-state index >= 15 is 0 Å². The van der Waals surface area contributed by atoms with Crippen molar-refractivity contribution >= 4 is 23.0 Å². The third kappa shape index (κ3) is 4.88. The average molecular weight is 425 g/mol. The molecule has 0 saturated carbocycles. The number of rotatable bonds is 5. The van der Waals surface area contributed by atoms with Crippen LogP contribution in [-0.4, -0.2) is 57.9 Å². The van der Waals surface area contributed by atoms with Crippen LogP contribution in [0, 0.1) is 0 Å². The van der Waals surface area contributed by atoms with E-state index in [1.807, 2.05) is 12.1 Å². The summed E-state index contributed by atoms with van der Waals surface area (Å²) in [5, 5.41) is 62.7. The van der Waals surface area contributed by atoms with Gasteiger partial charge in [0.2, 0.25) is 5.79 Å². The first-order chi connectivity index (χ1) is 13.8. The molecule has 154 valence electrons. The molecule has 0 radical (unpaired) electrons. The van der Waals surface area contributed by atoms with Crippen LogP contribution in [0.5, 0.6) is 0 Å². The fraction of sp³-hybridized carbons (Fsp3) is 0.316. The zero-order valence-electron chi connectivity index (χ0n) is 16.3. The van der Waals surface area contributed by atoms with Gasteiger partial charge in [0.25, 0.3) is 0 Å². The number of carbonyl (C=O) groups is 1. The van der Waals surface area contributed by atoms with Crippen molar-refractivity contribution in [2.45, 2.75) is 30.2 Å². The molecule has 2 aromatic carbocycles. The summed E-state index contributed by atoms with van der Waals surface area (Å²) in [5.74, 6) is -4.40. The Morgan fingerprint density at radius 3 is 1.97 bits per heavy atom. The van der Waals surface area contributed by atoms with Gasteiger partial charge in [0.15, 0.2) is 0 Å². The molecule has 10 nitrogen and oxygen atoms in total. The SMILES string of the molecule is CNc1ccc(N=Nc2ccc(C3(O)O[C@H](C(=O)[O-])[C@@H](O)[C@H](O)[C@H]3O)cc2)cc1.[Na+]. The average Bonchev–Trinajstić information content (AvgIpc) is 2.74. The number of aliphatic hydroxyl groups is 4. The van der Waals surface area contributed by atoms with Crippen molar-refractivity contribution in [2.75, 3.05) is 12.4 Å². The van der Waals surface area contributed by atoms with Crippen LogP contribution >= 0.6 is 0 Å². The quantitative estimate of drug-likeness (QED) is 0.243. The van der Waals surface area contributed by atoms with E-state index in [9.17, 15) is 30.3 Å². The fourth-order valence-corrected chi connectivity index (χ4v) is 2.93. The first-order valence-corrected chi connectivity index (χ1v) is 8.71. The predicted octanol–water partition coefficient (Wildman–Crippen LogP) is -3.48. The second-order valence-corrected chi connectivity index (χ2v) is 6.52. The van der Waals surface area contributed by atoms with Crippen molar-refractivity contribution in [1.82, 2.24) is 0 Å². The van der Waals surface area contributed by atoms with Crippen molar-refractivity contribution in [2.24, 2.45) is 10.2 Å². The molecule has 0 aromatic heterocycles. The fourth-order valence-electron chi connectivity index (χ4n) is 2.93. The van der Waals surface area contributed by atoms with Crippen molar-refractivity contribution in [3.05, 3.63) is 54.1 Å². The maximum atomic E-state index is 11.1. The summed E-state index contributed by atoms with van der Waals surface area (Å²) in [6, 6.07) is 12.8. The van der Waals surface area contributed by atoms with E-state index in [1.165, 1.54) is 24.3 Å². The second kappa shape index (κ2) is 9.94. The van der Waals surface area contributed by atoms with E-state index in [0.29, 0.717) is 11.4 Å². The summed E-state index contributed by atoms with van der Waals surface area (Å²) >= 11 is 0. The molecule has 1 aliphatic heterocycles. The molecular formula is C19H20N3NaO7. The number of carboxylic acid groups (broad SMARTS) is 1. The van der Waals surface area contributed by atoms with Gasteiger partial charge in [0.05, 0.1) is 17.3 Å². The first-order valence-electron chi connectivity index (χ1n) is 8.71. The first kappa shape index (κ1) is 24.4. The zero-order valence-corrected chi connectivity index (χ0v) is 18.3. The largest absolute Gasteiger partial charge is 1.00 e. The maximum Gasteiger partial charge on any atom is 1.00 e. The van der Waals surface area contributed by atoms with Crippen molar-refractivity contribution in [3.8, 4) is 0 Å². The maximum absolute atomic E-state index is 11.1. The third-order valence-corrected chi connectivity index (χ3v) is 4.64. The molecule has 0 bridgehead atoms. The summed E-state index contributed by atoms with van der Waals surface area (Å²) in [6.07, 6.45) is -7.95. The number of benzene rings is 2. The molecule has 5 atom stereocenters. The molecule has 0 amide bonds. The van der Waals surface area contributed by atoms with E-state index in [-0.39, 0.29) is 35.1 Å². The minimum Gasteiger partial charge on any atom is -0.547 e. The summed E-state index contributed by atoms with van der Waals surface area (Å²) in [7, 11) is 1.80. The molecule has 0 aliphatic carbocycles. The number of nitrogens with zero attached hydrogens (tertiary/aromatic N) is 2. The predicted molar refractivity (Wildman–Crippen MR) is 98.4 cm³/mol. The van der Waals surface area contributed by atoms with Gasteiger partial charge >= 0.3 is 29.6 Å². The van der Waals surface area contributed by atoms with Gasteiger partial charge in [-0.3, -0.25) is 0 Å². The Balaban J connectivity index is 0.00000320. The summed E-state index contributed by atoms with van der Waals surface area (Å²) in [5.41, 5.74) is 1.92. The molecule has 1 unspecified atom stereocenters. The van der Waals surface area contributed by atoms with Crippen LogP contribution in [0.4, 0.5) is 17.1 Å². The minimum atomic E-state index is -2.57. The van der Waals surface area contributed by atoms with Crippen molar-refractivity contribution < 1.29 is 64.6 Å². The monoisotopic (exact) mass is 425 g/mol. The number of anilines is 1. The number of carbonyl (C=O) groups excluding carboxylic acids is 1. The zero-order chi connectivity index (χ0) is 21.2. The van der Waals surface area contributed by atoms with Gasteiger partial charge in [0.1, 0.15) is 24.4 Å². The smallest absolute Gasteiger partial charge is 0.547 e. The van der Waals surface area contributed by atoms with Gasteiger partial charge in [-0.2, -0.15) is 10.2 Å². The van der Waals surface area contributed by atoms with Crippen LogP contribution < -0.4 is 40.0 Å². The van der Waals surface area contributed by atoms with E-state index in [4.69, 9.17) is 4.74 Å². The van der Waals surface area contributed by atoms with Gasteiger partial charge in [-0.25, -0.2) is 0 Å². The summed E-state index contributed by atoms with van der Waals surface area (Å²) in [6.45, 7) is 0. The van der Waals surface area contributed by atoms with Crippen molar-refractivity contribution in [3.63, 3.8) is 0 Å². The van der Waals surface area contributed by atoms with Crippen molar-refractivity contribution in [1.29, 1.82) is 0 Å². The standard InChI is InChI=1S/C19H21N3O7.Na/c1-20-11-6-8-13(9-7-11)22-21-12-4-2-10(3-5-12)19(28)17(25)15(24)14(23)16(29-19)18(26)27;/h2-9,14-17,20,23-25,28H,1H3,(H,26,27);/q;+1/p-1/t14-,15-,16-,17+,19?;/m0./s1. The number of azo groups is 1. The van der Waals surface area contributed by atoms with Gasteiger partial charge in [-0.05, 0) is 36.4 Å². The molecule has 0 spiro atoms. The number of aliphatic hydroxyl groups excluding tert-OH is 3. The Morgan fingerprint density at radius 1 is 1.00 bits per heavy atom. The van der Waals surface area contributed by atoms with Crippen LogP contribution in [0.3, 0.4) is 0 Å². The number of ether oxygens (including phenoxy) is 1. The Hall–Kier alpha value is -1.89. The molecule has 11 heteroatoms. The summed E-state index contributed by atoms with van der Waals surface area (Å²) in [4.78, 5) is 11.1. The van der Waals surface area contributed by atoms with Crippen LogP contribution in [0.1, 0.15) is 5.56 Å². The van der Waals surface area contributed by atoms with Crippen LogP contribution in [0.2, 0.25) is 0 Å². The van der Waals surface area contributed by atoms with E-state index < -0.39 is 36.2 Å². The molecule has 30 heavy (non-hydrogen) atoms. The molecule has 1 heterocycles. The second-order valence-electron chi connectivity index (χ2n) is 6.52. The molecule has 3 rings (SSSR count). The Labute approximate surface area is 194 Å². The minimum absolute atomic E-state index is 0. The van der Waals surface area contributed by atoms with Crippen LogP contribution in [0.15, 0.2) is 58.8 Å². The Kier molecular flexibility index (Phi) is 8.08. The van der Waals surface area contributed by atoms with Gasteiger partial charge in [-0.15, -0.1) is 0 Å². The normalized spacial score (nSPS) is 28.7. The van der Waals surface area contributed by atoms with E-state index in [0.717, 1.165) is 5.69 Å². The third-order valence-electron chi connectivity index (χ3n) is 4.64. The van der Waals surface area contributed by atoms with E-state index in [1.54, 1.807) is 19.2 Å².